The summed E-state index contributed by atoms with van der Waals surface area (Å²) in [5.74, 6) is 0.878. The molecule has 1 aliphatic rings. The number of aliphatic hydroxyl groups excluding tert-OH is 1. The Hall–Kier alpha value is -2.28. The summed E-state index contributed by atoms with van der Waals surface area (Å²) in [4.78, 5) is 18.6. The molecular formula is C13H14N4O3. The molecule has 1 atom stereocenters. The molecule has 104 valence electrons. The van der Waals surface area contributed by atoms with Gasteiger partial charge in [-0.25, -0.2) is 9.97 Å². The fourth-order valence-corrected chi connectivity index (χ4v) is 2.15. The van der Waals surface area contributed by atoms with Crippen molar-refractivity contribution in [2.75, 3.05) is 11.9 Å². The highest BCUT2D eigenvalue weighted by Gasteiger charge is 2.29. The smallest absolute Gasteiger partial charge is 0.270 e. The van der Waals surface area contributed by atoms with Gasteiger partial charge in [-0.1, -0.05) is 0 Å². The van der Waals surface area contributed by atoms with Crippen LogP contribution in [0, 0.1) is 16.0 Å². The van der Waals surface area contributed by atoms with Gasteiger partial charge in [-0.05, 0) is 24.8 Å². The lowest BCUT2D eigenvalue weighted by molar-refractivity contribution is -0.384. The molecule has 0 aliphatic heterocycles. The zero-order valence-electron chi connectivity index (χ0n) is 10.7. The Morgan fingerprint density at radius 3 is 2.95 bits per heavy atom. The van der Waals surface area contributed by atoms with Crippen LogP contribution in [0.3, 0.4) is 0 Å². The first kappa shape index (κ1) is 12.7. The number of hydrogen-bond acceptors (Lipinski definition) is 6. The molecule has 2 N–H and O–H groups in total. The van der Waals surface area contributed by atoms with Crippen LogP contribution in [0.4, 0.5) is 11.5 Å². The van der Waals surface area contributed by atoms with Crippen LogP contribution in [0.2, 0.25) is 0 Å². The number of benzene rings is 1. The van der Waals surface area contributed by atoms with Crippen LogP contribution < -0.4 is 5.32 Å². The Morgan fingerprint density at radius 1 is 1.45 bits per heavy atom. The van der Waals surface area contributed by atoms with Crippen LogP contribution in [0.15, 0.2) is 24.5 Å². The van der Waals surface area contributed by atoms with Crippen LogP contribution in [-0.4, -0.2) is 32.6 Å². The van der Waals surface area contributed by atoms with Gasteiger partial charge in [0.25, 0.3) is 5.69 Å². The minimum Gasteiger partial charge on any atom is -0.391 e. The lowest BCUT2D eigenvalue weighted by atomic mass is 10.2. The van der Waals surface area contributed by atoms with Gasteiger partial charge in [-0.15, -0.1) is 0 Å². The predicted octanol–water partition coefficient (Wildman–Crippen LogP) is 1.72. The minimum atomic E-state index is -0.449. The molecule has 0 amide bonds. The Morgan fingerprint density at radius 2 is 2.25 bits per heavy atom. The summed E-state index contributed by atoms with van der Waals surface area (Å²) >= 11 is 0. The molecular weight excluding hydrogens is 260 g/mol. The molecule has 0 bridgehead atoms. The van der Waals surface area contributed by atoms with Crippen molar-refractivity contribution in [3.63, 3.8) is 0 Å². The van der Waals surface area contributed by atoms with Crippen molar-refractivity contribution >= 4 is 22.4 Å². The highest BCUT2D eigenvalue weighted by Crippen LogP contribution is 2.33. The standard InChI is InChI=1S/C13H14N4O3/c18-12(8-1-2-8)6-14-13-10-5-9(17(19)20)3-4-11(10)15-7-16-13/h3-5,7-8,12,18H,1-2,6H2,(H,14,15,16). The van der Waals surface area contributed by atoms with Crippen molar-refractivity contribution in [1.82, 2.24) is 9.97 Å². The third kappa shape index (κ3) is 2.53. The molecule has 7 nitrogen and oxygen atoms in total. The van der Waals surface area contributed by atoms with Crippen molar-refractivity contribution in [2.45, 2.75) is 18.9 Å². The summed E-state index contributed by atoms with van der Waals surface area (Å²) in [6.45, 7) is 0.388. The molecule has 1 fully saturated rings. The average Bonchev–Trinajstić information content (AvgIpc) is 3.28. The number of nitro benzene ring substituents is 1. The second-order valence-electron chi connectivity index (χ2n) is 4.97. The molecule has 1 aliphatic carbocycles. The van der Waals surface area contributed by atoms with Gasteiger partial charge >= 0.3 is 0 Å². The van der Waals surface area contributed by atoms with E-state index in [-0.39, 0.29) is 5.69 Å². The summed E-state index contributed by atoms with van der Waals surface area (Å²) < 4.78 is 0. The molecule has 1 heterocycles. The SMILES string of the molecule is O=[N+]([O-])c1ccc2ncnc(NCC(O)C3CC3)c2c1. The van der Waals surface area contributed by atoms with Gasteiger partial charge in [-0.2, -0.15) is 0 Å². The lowest BCUT2D eigenvalue weighted by Crippen LogP contribution is -2.21. The Balaban J connectivity index is 1.88. The highest BCUT2D eigenvalue weighted by atomic mass is 16.6. The number of non-ortho nitro benzene ring substituents is 1. The number of hydrogen-bond donors (Lipinski definition) is 2. The Bertz CT molecular complexity index is 657. The van der Waals surface area contributed by atoms with Crippen LogP contribution in [0.5, 0.6) is 0 Å². The quantitative estimate of drug-likeness (QED) is 0.636. The monoisotopic (exact) mass is 274 g/mol. The van der Waals surface area contributed by atoms with E-state index < -0.39 is 11.0 Å². The van der Waals surface area contributed by atoms with E-state index in [2.05, 4.69) is 15.3 Å². The fraction of sp³-hybridized carbons (Fsp3) is 0.385. The number of nitro groups is 1. The van der Waals surface area contributed by atoms with E-state index in [0.29, 0.717) is 29.2 Å². The zero-order chi connectivity index (χ0) is 14.1. The topological polar surface area (TPSA) is 101 Å². The summed E-state index contributed by atoms with van der Waals surface area (Å²) in [6.07, 6.45) is 3.11. The van der Waals surface area contributed by atoms with Crippen molar-refractivity contribution in [1.29, 1.82) is 0 Å². The van der Waals surface area contributed by atoms with Gasteiger partial charge in [-0.3, -0.25) is 10.1 Å². The number of rotatable bonds is 5. The molecule has 3 rings (SSSR count). The number of nitrogens with zero attached hydrogens (tertiary/aromatic N) is 3. The largest absolute Gasteiger partial charge is 0.391 e. The van der Waals surface area contributed by atoms with Crippen molar-refractivity contribution < 1.29 is 10.0 Å². The van der Waals surface area contributed by atoms with Crippen molar-refractivity contribution in [3.8, 4) is 0 Å². The van der Waals surface area contributed by atoms with Gasteiger partial charge in [0.1, 0.15) is 12.1 Å². The van der Waals surface area contributed by atoms with Crippen molar-refractivity contribution in [3.05, 3.63) is 34.6 Å². The third-order valence-corrected chi connectivity index (χ3v) is 3.47. The van der Waals surface area contributed by atoms with E-state index in [4.69, 9.17) is 0 Å². The number of nitrogens with one attached hydrogen (secondary N) is 1. The molecule has 1 saturated carbocycles. The van der Waals surface area contributed by atoms with Gasteiger partial charge in [0, 0.05) is 24.1 Å². The number of aliphatic hydroxyl groups is 1. The van der Waals surface area contributed by atoms with E-state index in [1.165, 1.54) is 18.5 Å². The van der Waals surface area contributed by atoms with Crippen LogP contribution in [-0.2, 0) is 0 Å². The van der Waals surface area contributed by atoms with E-state index in [0.717, 1.165) is 12.8 Å². The molecule has 0 saturated heterocycles. The third-order valence-electron chi connectivity index (χ3n) is 3.47. The summed E-state index contributed by atoms with van der Waals surface area (Å²) in [5, 5.41) is 24.3. The maximum absolute atomic E-state index is 10.8. The first-order valence-electron chi connectivity index (χ1n) is 6.46. The first-order valence-corrected chi connectivity index (χ1v) is 6.46. The number of fused-ring (bicyclic) bond motifs is 1. The van der Waals surface area contributed by atoms with Crippen LogP contribution in [0.1, 0.15) is 12.8 Å². The van der Waals surface area contributed by atoms with Crippen molar-refractivity contribution in [2.24, 2.45) is 5.92 Å². The fourth-order valence-electron chi connectivity index (χ4n) is 2.15. The maximum Gasteiger partial charge on any atom is 0.270 e. The van der Waals surface area contributed by atoms with Crippen LogP contribution >= 0.6 is 0 Å². The Kier molecular flexibility index (Phi) is 3.19. The molecule has 0 spiro atoms. The number of aromatic nitrogens is 2. The average molecular weight is 274 g/mol. The summed E-state index contributed by atoms with van der Waals surface area (Å²) in [5.41, 5.74) is 0.632. The molecule has 1 aromatic carbocycles. The van der Waals surface area contributed by atoms with Gasteiger partial charge in [0.05, 0.1) is 16.5 Å². The normalized spacial score (nSPS) is 16.1. The van der Waals surface area contributed by atoms with E-state index in [9.17, 15) is 15.2 Å². The van der Waals surface area contributed by atoms with E-state index in [1.54, 1.807) is 6.07 Å². The zero-order valence-corrected chi connectivity index (χ0v) is 10.7. The Labute approximate surface area is 114 Å². The molecule has 2 aromatic rings. The summed E-state index contributed by atoms with van der Waals surface area (Å²) in [6, 6.07) is 4.46. The summed E-state index contributed by atoms with van der Waals surface area (Å²) in [7, 11) is 0. The maximum atomic E-state index is 10.8. The lowest BCUT2D eigenvalue weighted by Gasteiger charge is -2.12. The first-order chi connectivity index (χ1) is 9.65. The molecule has 7 heteroatoms. The van der Waals surface area contributed by atoms with Gasteiger partial charge in [0.2, 0.25) is 0 Å². The van der Waals surface area contributed by atoms with Gasteiger partial charge in [0.15, 0.2) is 0 Å². The van der Waals surface area contributed by atoms with Crippen LogP contribution in [0.25, 0.3) is 10.9 Å². The molecule has 1 unspecified atom stereocenters. The number of anilines is 1. The highest BCUT2D eigenvalue weighted by molar-refractivity contribution is 5.90. The van der Waals surface area contributed by atoms with E-state index >= 15 is 0 Å². The minimum absolute atomic E-state index is 0.00177. The molecule has 20 heavy (non-hydrogen) atoms. The van der Waals surface area contributed by atoms with E-state index in [1.807, 2.05) is 0 Å². The molecule has 0 radical (unpaired) electrons. The second-order valence-corrected chi connectivity index (χ2v) is 4.97. The predicted molar refractivity (Wildman–Crippen MR) is 73.4 cm³/mol. The van der Waals surface area contributed by atoms with Gasteiger partial charge < -0.3 is 10.4 Å². The molecule has 1 aromatic heterocycles. The second kappa shape index (κ2) is 5.01.